The molecule has 8 N–H and O–H groups in total. The summed E-state index contributed by atoms with van der Waals surface area (Å²) in [6.07, 6.45) is 0.0176. The zero-order valence-corrected chi connectivity index (χ0v) is 13.4. The number of hydrogen-bond acceptors (Lipinski definition) is 8. The molecule has 0 radical (unpaired) electrons. The maximum Gasteiger partial charge on any atom is 0.173 e. The van der Waals surface area contributed by atoms with Gasteiger partial charge in [-0.1, -0.05) is 0 Å². The average molecular weight is 318 g/mol. The maximum atomic E-state index is 10.6. The normalized spacial score (nSPS) is 46.6. The number of aliphatic hydroxyl groups excluding tert-OH is 1. The zero-order valence-electron chi connectivity index (χ0n) is 13.4. The zero-order chi connectivity index (χ0) is 16.3. The van der Waals surface area contributed by atoms with Gasteiger partial charge >= 0.3 is 0 Å². The summed E-state index contributed by atoms with van der Waals surface area (Å²) in [7, 11) is 3.39. The van der Waals surface area contributed by atoms with E-state index in [-0.39, 0.29) is 30.3 Å². The first-order chi connectivity index (χ1) is 10.5. The van der Waals surface area contributed by atoms with Crippen LogP contribution < -0.4 is 22.5 Å². The molecular formula is C14H30N4O4. The highest BCUT2D eigenvalue weighted by Crippen LogP contribution is 2.27. The lowest BCUT2D eigenvalue weighted by molar-refractivity contribution is -0.249. The summed E-state index contributed by atoms with van der Waals surface area (Å²) in [6.45, 7) is 0.427. The Morgan fingerprint density at radius 1 is 1.27 bits per heavy atom. The molecule has 8 atom stereocenters. The number of nitrogens with one attached hydrogen (secondary N) is 1. The summed E-state index contributed by atoms with van der Waals surface area (Å²) < 4.78 is 17.1. The van der Waals surface area contributed by atoms with Crippen LogP contribution in [0.25, 0.3) is 0 Å². The van der Waals surface area contributed by atoms with E-state index in [2.05, 4.69) is 5.32 Å². The van der Waals surface area contributed by atoms with Crippen LogP contribution in [-0.4, -0.2) is 74.6 Å². The van der Waals surface area contributed by atoms with E-state index in [0.29, 0.717) is 13.0 Å². The Balaban J connectivity index is 2.03. The van der Waals surface area contributed by atoms with E-state index in [0.717, 1.165) is 12.8 Å². The predicted octanol–water partition coefficient (Wildman–Crippen LogP) is -2.14. The topological polar surface area (TPSA) is 138 Å². The standard InChI is InChI=1S/C14H30N4O4/c1-18-11-10(20-2)5-9(17)13(12(11)19)22-14-8(16)4-3-7(6-15)21-14/h7-14,18-19H,3-6,15-17H2,1-2H3. The first-order valence-electron chi connectivity index (χ1n) is 7.92. The molecule has 0 bridgehead atoms. The van der Waals surface area contributed by atoms with Crippen molar-refractivity contribution in [2.75, 3.05) is 20.7 Å². The van der Waals surface area contributed by atoms with Crippen molar-refractivity contribution in [2.24, 2.45) is 17.2 Å². The van der Waals surface area contributed by atoms with Gasteiger partial charge in [-0.3, -0.25) is 0 Å². The molecule has 2 rings (SSSR count). The van der Waals surface area contributed by atoms with Crippen molar-refractivity contribution < 1.29 is 19.3 Å². The van der Waals surface area contributed by atoms with Gasteiger partial charge in [0.25, 0.3) is 0 Å². The van der Waals surface area contributed by atoms with E-state index >= 15 is 0 Å². The summed E-state index contributed by atoms with van der Waals surface area (Å²) in [5.74, 6) is 0. The lowest BCUT2D eigenvalue weighted by atomic mass is 9.84. The lowest BCUT2D eigenvalue weighted by Crippen LogP contribution is -2.65. The van der Waals surface area contributed by atoms with Crippen LogP contribution in [0.2, 0.25) is 0 Å². The molecule has 0 spiro atoms. The van der Waals surface area contributed by atoms with Crippen molar-refractivity contribution in [3.8, 4) is 0 Å². The number of nitrogens with two attached hydrogens (primary N) is 3. The SMILES string of the molecule is CNC1C(OC)CC(N)C(OC2OC(CN)CCC2N)C1O. The molecule has 1 aliphatic carbocycles. The molecule has 130 valence electrons. The molecular weight excluding hydrogens is 288 g/mol. The average Bonchev–Trinajstić information content (AvgIpc) is 2.52. The van der Waals surface area contributed by atoms with Gasteiger partial charge in [0, 0.05) is 19.7 Å². The molecule has 0 amide bonds. The van der Waals surface area contributed by atoms with Gasteiger partial charge in [0.15, 0.2) is 6.29 Å². The fraction of sp³-hybridized carbons (Fsp3) is 1.00. The van der Waals surface area contributed by atoms with Gasteiger partial charge in [0.1, 0.15) is 6.10 Å². The molecule has 8 unspecified atom stereocenters. The van der Waals surface area contributed by atoms with Gasteiger partial charge in [-0.05, 0) is 26.3 Å². The summed E-state index contributed by atoms with van der Waals surface area (Å²) in [5.41, 5.74) is 17.9. The summed E-state index contributed by atoms with van der Waals surface area (Å²) in [6, 6.07) is -0.839. The first kappa shape index (κ1) is 18.0. The highest BCUT2D eigenvalue weighted by molar-refractivity contribution is 5.00. The molecule has 1 heterocycles. The van der Waals surface area contributed by atoms with E-state index in [1.54, 1.807) is 14.2 Å². The van der Waals surface area contributed by atoms with Crippen molar-refractivity contribution in [1.82, 2.24) is 5.32 Å². The molecule has 2 fully saturated rings. The minimum atomic E-state index is -0.798. The summed E-state index contributed by atoms with van der Waals surface area (Å²) >= 11 is 0. The van der Waals surface area contributed by atoms with Crippen molar-refractivity contribution in [1.29, 1.82) is 0 Å². The molecule has 0 aromatic heterocycles. The fourth-order valence-electron chi connectivity index (χ4n) is 3.34. The third-order valence-corrected chi connectivity index (χ3v) is 4.72. The Hall–Kier alpha value is -0.320. The Kier molecular flexibility index (Phi) is 6.54. The van der Waals surface area contributed by atoms with Gasteiger partial charge in [-0.2, -0.15) is 0 Å². The van der Waals surface area contributed by atoms with E-state index in [4.69, 9.17) is 31.4 Å². The van der Waals surface area contributed by atoms with Crippen LogP contribution in [0.3, 0.4) is 0 Å². The quantitative estimate of drug-likeness (QED) is 0.387. The third-order valence-electron chi connectivity index (χ3n) is 4.72. The molecule has 8 heteroatoms. The van der Waals surface area contributed by atoms with Crippen LogP contribution in [-0.2, 0) is 14.2 Å². The van der Waals surface area contributed by atoms with Crippen molar-refractivity contribution in [2.45, 2.75) is 68.1 Å². The Bertz CT molecular complexity index is 349. The van der Waals surface area contributed by atoms with E-state index < -0.39 is 18.5 Å². The highest BCUT2D eigenvalue weighted by atomic mass is 16.7. The molecule has 22 heavy (non-hydrogen) atoms. The van der Waals surface area contributed by atoms with Gasteiger partial charge in [0.2, 0.25) is 0 Å². The van der Waals surface area contributed by atoms with E-state index in [9.17, 15) is 5.11 Å². The predicted molar refractivity (Wildman–Crippen MR) is 82.0 cm³/mol. The van der Waals surface area contributed by atoms with Gasteiger partial charge < -0.3 is 41.8 Å². The molecule has 8 nitrogen and oxygen atoms in total. The molecule has 0 aromatic rings. The summed E-state index contributed by atoms with van der Waals surface area (Å²) in [4.78, 5) is 0. The Morgan fingerprint density at radius 2 is 2.00 bits per heavy atom. The van der Waals surface area contributed by atoms with E-state index in [1.807, 2.05) is 0 Å². The smallest absolute Gasteiger partial charge is 0.173 e. The summed E-state index contributed by atoms with van der Waals surface area (Å²) in [5, 5.41) is 13.6. The largest absolute Gasteiger partial charge is 0.389 e. The van der Waals surface area contributed by atoms with Crippen molar-refractivity contribution in [3.05, 3.63) is 0 Å². The fourth-order valence-corrected chi connectivity index (χ4v) is 3.34. The third kappa shape index (κ3) is 3.77. The van der Waals surface area contributed by atoms with Gasteiger partial charge in [0.05, 0.1) is 30.4 Å². The molecule has 2 aliphatic rings. The van der Waals surface area contributed by atoms with E-state index in [1.165, 1.54) is 0 Å². The van der Waals surface area contributed by atoms with Crippen LogP contribution in [0, 0.1) is 0 Å². The number of rotatable bonds is 5. The minimum Gasteiger partial charge on any atom is -0.389 e. The monoisotopic (exact) mass is 318 g/mol. The minimum absolute atomic E-state index is 0.0615. The molecule has 1 aliphatic heterocycles. The maximum absolute atomic E-state index is 10.6. The Labute approximate surface area is 131 Å². The molecule has 0 aromatic carbocycles. The molecule has 1 saturated heterocycles. The van der Waals surface area contributed by atoms with Gasteiger partial charge in [-0.25, -0.2) is 0 Å². The van der Waals surface area contributed by atoms with Gasteiger partial charge in [-0.15, -0.1) is 0 Å². The Morgan fingerprint density at radius 3 is 2.59 bits per heavy atom. The number of ether oxygens (including phenoxy) is 3. The lowest BCUT2D eigenvalue weighted by Gasteiger charge is -2.45. The highest BCUT2D eigenvalue weighted by Gasteiger charge is 2.45. The number of hydrogen-bond donors (Lipinski definition) is 5. The van der Waals surface area contributed by atoms with Crippen molar-refractivity contribution in [3.63, 3.8) is 0 Å². The van der Waals surface area contributed by atoms with Crippen LogP contribution in [0.15, 0.2) is 0 Å². The van der Waals surface area contributed by atoms with Crippen LogP contribution in [0.5, 0.6) is 0 Å². The second-order valence-electron chi connectivity index (χ2n) is 6.18. The molecule has 1 saturated carbocycles. The first-order valence-corrected chi connectivity index (χ1v) is 7.92. The van der Waals surface area contributed by atoms with Crippen molar-refractivity contribution >= 4 is 0 Å². The van der Waals surface area contributed by atoms with Crippen LogP contribution >= 0.6 is 0 Å². The second-order valence-corrected chi connectivity index (χ2v) is 6.18. The van der Waals surface area contributed by atoms with Crippen LogP contribution in [0.1, 0.15) is 19.3 Å². The number of aliphatic hydroxyl groups is 1. The second kappa shape index (κ2) is 7.98. The number of likely N-dealkylation sites (N-methyl/N-ethyl adjacent to an activating group) is 1. The van der Waals surface area contributed by atoms with Crippen LogP contribution in [0.4, 0.5) is 0 Å². The number of methoxy groups -OCH3 is 1.